The van der Waals surface area contributed by atoms with Crippen LogP contribution >= 0.6 is 11.6 Å². The first-order chi connectivity index (χ1) is 22.9. The highest BCUT2D eigenvalue weighted by atomic mass is 35.5. The van der Waals surface area contributed by atoms with Gasteiger partial charge in [-0.25, -0.2) is 18.7 Å². The van der Waals surface area contributed by atoms with Gasteiger partial charge in [-0.2, -0.15) is 5.10 Å². The largest absolute Gasteiger partial charge is 0.389 e. The van der Waals surface area contributed by atoms with Crippen molar-refractivity contribution >= 4 is 39.2 Å². The molecule has 4 aromatic rings. The van der Waals surface area contributed by atoms with Gasteiger partial charge in [0.1, 0.15) is 29.0 Å². The van der Waals surface area contributed by atoms with Gasteiger partial charge in [-0.3, -0.25) is 15.0 Å². The van der Waals surface area contributed by atoms with Crippen LogP contribution in [0, 0.1) is 11.7 Å². The number of aromatic amines is 1. The molecular weight excluding hydrogens is 618 g/mol. The van der Waals surface area contributed by atoms with Crippen molar-refractivity contribution in [2.24, 2.45) is 5.92 Å². The number of anilines is 1. The quantitative estimate of drug-likeness (QED) is 0.238. The molecule has 11 heteroatoms. The summed E-state index contributed by atoms with van der Waals surface area (Å²) in [5.41, 5.74) is 3.69. The maximum atomic E-state index is 17.2. The molecule has 0 spiro atoms. The van der Waals surface area contributed by atoms with E-state index in [1.165, 1.54) is 0 Å². The first kappa shape index (κ1) is 30.9. The van der Waals surface area contributed by atoms with E-state index in [1.807, 2.05) is 6.07 Å². The van der Waals surface area contributed by atoms with Crippen LogP contribution in [-0.4, -0.2) is 74.5 Å². The molecule has 3 atom stereocenters. The molecule has 6 bridgehead atoms. The van der Waals surface area contributed by atoms with Gasteiger partial charge in [0.15, 0.2) is 5.82 Å². The zero-order valence-electron chi connectivity index (χ0n) is 26.9. The molecule has 1 aromatic carbocycles. The lowest BCUT2D eigenvalue weighted by molar-refractivity contribution is 0.181. The number of halogens is 3. The molecule has 3 aromatic heterocycles. The SMILES string of the molecule is C=C1CCCCc2c(Cl)cc3[nH]ncc3c2-c2ncc3c(nc(CCC45CCCN4CC(F)C5)nc3c2F)N2CCCC(CCN1)C2. The van der Waals surface area contributed by atoms with Crippen molar-refractivity contribution in [2.45, 2.75) is 88.8 Å². The topological polar surface area (TPSA) is 85.9 Å². The Morgan fingerprint density at radius 3 is 2.85 bits per heavy atom. The lowest BCUT2D eigenvalue weighted by Gasteiger charge is -2.35. The van der Waals surface area contributed by atoms with Gasteiger partial charge in [0, 0.05) is 66.0 Å². The molecule has 0 radical (unpaired) electrons. The normalized spacial score (nSPS) is 25.7. The van der Waals surface area contributed by atoms with Crippen LogP contribution in [0.25, 0.3) is 33.1 Å². The van der Waals surface area contributed by atoms with Crippen molar-refractivity contribution in [3.63, 3.8) is 0 Å². The summed E-state index contributed by atoms with van der Waals surface area (Å²) in [6.45, 7) is 8.31. The Kier molecular flexibility index (Phi) is 8.28. The summed E-state index contributed by atoms with van der Waals surface area (Å²) in [6, 6.07) is 1.87. The van der Waals surface area contributed by atoms with E-state index in [0.29, 0.717) is 53.5 Å². The number of fused-ring (bicyclic) bond motifs is 10. The highest BCUT2D eigenvalue weighted by Crippen LogP contribution is 2.44. The third-order valence-corrected chi connectivity index (χ3v) is 11.6. The predicted molar refractivity (Wildman–Crippen MR) is 183 cm³/mol. The van der Waals surface area contributed by atoms with Crippen molar-refractivity contribution in [2.75, 3.05) is 37.6 Å². The molecular formula is C36H43ClF2N8. The fraction of sp³-hybridized carbons (Fsp3) is 0.556. The highest BCUT2D eigenvalue weighted by Gasteiger charge is 2.48. The van der Waals surface area contributed by atoms with Crippen LogP contribution in [0.2, 0.25) is 5.02 Å². The van der Waals surface area contributed by atoms with E-state index in [9.17, 15) is 4.39 Å². The summed E-state index contributed by atoms with van der Waals surface area (Å²) < 4.78 is 31.8. The summed E-state index contributed by atoms with van der Waals surface area (Å²) in [4.78, 5) is 19.5. The van der Waals surface area contributed by atoms with Crippen LogP contribution in [0.5, 0.6) is 0 Å². The Morgan fingerprint density at radius 2 is 1.94 bits per heavy atom. The Balaban J connectivity index is 1.27. The van der Waals surface area contributed by atoms with Gasteiger partial charge < -0.3 is 10.2 Å². The predicted octanol–water partition coefficient (Wildman–Crippen LogP) is 7.31. The summed E-state index contributed by atoms with van der Waals surface area (Å²) in [5, 5.41) is 12.8. The number of nitrogens with zero attached hydrogens (tertiary/aromatic N) is 6. The van der Waals surface area contributed by atoms with E-state index >= 15 is 4.39 Å². The Labute approximate surface area is 279 Å². The first-order valence-corrected chi connectivity index (χ1v) is 17.8. The van der Waals surface area contributed by atoms with E-state index in [-0.39, 0.29) is 16.7 Å². The molecule has 3 unspecified atom stereocenters. The lowest BCUT2D eigenvalue weighted by atomic mass is 9.88. The average Bonchev–Trinajstić information content (AvgIpc) is 3.76. The zero-order valence-corrected chi connectivity index (χ0v) is 27.7. The van der Waals surface area contributed by atoms with Crippen LogP contribution in [0.4, 0.5) is 14.6 Å². The van der Waals surface area contributed by atoms with Crippen molar-refractivity contribution in [1.29, 1.82) is 0 Å². The molecule has 248 valence electrons. The minimum Gasteiger partial charge on any atom is -0.389 e. The number of aryl methyl sites for hydroxylation is 1. The van der Waals surface area contributed by atoms with Crippen LogP contribution < -0.4 is 10.2 Å². The summed E-state index contributed by atoms with van der Waals surface area (Å²) >= 11 is 6.90. The van der Waals surface area contributed by atoms with E-state index in [2.05, 4.69) is 31.9 Å². The zero-order chi connectivity index (χ0) is 32.1. The lowest BCUT2D eigenvalue weighted by Crippen LogP contribution is -2.39. The second-order valence-corrected chi connectivity index (χ2v) is 14.7. The molecule has 5 aliphatic heterocycles. The number of hydrogen-bond donors (Lipinski definition) is 2. The molecule has 3 saturated heterocycles. The van der Waals surface area contributed by atoms with Crippen LogP contribution in [0.3, 0.4) is 0 Å². The summed E-state index contributed by atoms with van der Waals surface area (Å²) in [5.74, 6) is 1.39. The molecule has 2 N–H and O–H groups in total. The number of hydrogen-bond acceptors (Lipinski definition) is 7. The molecule has 0 aliphatic carbocycles. The average molecular weight is 661 g/mol. The second-order valence-electron chi connectivity index (χ2n) is 14.2. The van der Waals surface area contributed by atoms with Crippen LogP contribution in [0.1, 0.15) is 75.6 Å². The van der Waals surface area contributed by atoms with Crippen LogP contribution in [-0.2, 0) is 12.8 Å². The maximum Gasteiger partial charge on any atom is 0.175 e. The Morgan fingerprint density at radius 1 is 1.04 bits per heavy atom. The smallest absolute Gasteiger partial charge is 0.175 e. The number of pyridine rings is 1. The van der Waals surface area contributed by atoms with Gasteiger partial charge in [0.25, 0.3) is 0 Å². The minimum atomic E-state index is -0.793. The van der Waals surface area contributed by atoms with Gasteiger partial charge in [0.2, 0.25) is 0 Å². The molecule has 0 saturated carbocycles. The van der Waals surface area contributed by atoms with E-state index in [1.54, 1.807) is 12.4 Å². The van der Waals surface area contributed by atoms with E-state index in [0.717, 1.165) is 112 Å². The fourth-order valence-electron chi connectivity index (χ4n) is 8.86. The Hall–Kier alpha value is -3.37. The molecule has 3 fully saturated rings. The Bertz CT molecular complexity index is 1830. The van der Waals surface area contributed by atoms with Crippen molar-refractivity contribution in [1.82, 2.24) is 35.4 Å². The molecule has 8 heterocycles. The van der Waals surface area contributed by atoms with Gasteiger partial charge >= 0.3 is 0 Å². The molecule has 5 aliphatic rings. The first-order valence-electron chi connectivity index (χ1n) is 17.4. The number of rotatable bonds is 3. The van der Waals surface area contributed by atoms with Gasteiger partial charge in [-0.15, -0.1) is 0 Å². The van der Waals surface area contributed by atoms with Gasteiger partial charge in [-0.1, -0.05) is 18.2 Å². The molecule has 0 amide bonds. The standard InChI is InChI=1S/C36H43ClF2N8/c1-22-6-2-3-8-25-28(37)16-29-26(19-42-45-29)31(25)34-32(39)33-27(18-41-34)35(46-14-4-7-23(20-46)10-13-40-22)44-30(43-33)9-12-36-11-5-15-47(36)21-24(38)17-36/h16,18-19,23-24,40H,1-15,17,20-21H2,(H,42,45). The van der Waals surface area contributed by atoms with Crippen molar-refractivity contribution in [3.8, 4) is 11.3 Å². The molecule has 47 heavy (non-hydrogen) atoms. The highest BCUT2D eigenvalue weighted by molar-refractivity contribution is 6.33. The van der Waals surface area contributed by atoms with E-state index < -0.39 is 12.0 Å². The summed E-state index contributed by atoms with van der Waals surface area (Å²) in [7, 11) is 0. The second kappa shape index (κ2) is 12.6. The number of nitrogens with one attached hydrogen (secondary N) is 2. The molecule has 9 rings (SSSR count). The monoisotopic (exact) mass is 660 g/mol. The number of piperidine rings is 1. The van der Waals surface area contributed by atoms with E-state index in [4.69, 9.17) is 26.6 Å². The number of benzene rings is 1. The number of H-pyrrole nitrogens is 1. The van der Waals surface area contributed by atoms with Crippen molar-refractivity contribution < 1.29 is 8.78 Å². The van der Waals surface area contributed by atoms with Crippen molar-refractivity contribution in [3.05, 3.63) is 53.0 Å². The number of allylic oxidation sites excluding steroid dienone is 1. The van der Waals surface area contributed by atoms with Crippen LogP contribution in [0.15, 0.2) is 30.7 Å². The number of aromatic nitrogens is 5. The summed E-state index contributed by atoms with van der Waals surface area (Å²) in [6.07, 6.45) is 13.3. The minimum absolute atomic E-state index is 0.152. The number of alkyl halides is 1. The third-order valence-electron chi connectivity index (χ3n) is 11.2. The van der Waals surface area contributed by atoms with Gasteiger partial charge in [-0.05, 0) is 94.7 Å². The van der Waals surface area contributed by atoms with Gasteiger partial charge in [0.05, 0.1) is 17.1 Å². The third kappa shape index (κ3) is 5.75. The molecule has 8 nitrogen and oxygen atoms in total. The fourth-order valence-corrected chi connectivity index (χ4v) is 9.16. The maximum absolute atomic E-state index is 17.2.